The molecule has 2 rings (SSSR count). The van der Waals surface area contributed by atoms with E-state index in [-0.39, 0.29) is 5.91 Å². The minimum absolute atomic E-state index is 0.253. The maximum atomic E-state index is 12.1. The third kappa shape index (κ3) is 3.45. The van der Waals surface area contributed by atoms with Gasteiger partial charge in [-0.05, 0) is 25.1 Å². The highest BCUT2D eigenvalue weighted by atomic mass is 35.5. The fraction of sp³-hybridized carbons (Fsp3) is 0.214. The first-order chi connectivity index (χ1) is 9.60. The predicted octanol–water partition coefficient (Wildman–Crippen LogP) is 2.41. The van der Waals surface area contributed by atoms with E-state index in [1.165, 1.54) is 6.20 Å². The number of rotatable bonds is 4. The van der Waals surface area contributed by atoms with Gasteiger partial charge >= 0.3 is 0 Å². The van der Waals surface area contributed by atoms with Crippen LogP contribution in [0.15, 0.2) is 30.5 Å². The zero-order valence-corrected chi connectivity index (χ0v) is 12.0. The van der Waals surface area contributed by atoms with Crippen LogP contribution in [0.25, 0.3) is 0 Å². The maximum absolute atomic E-state index is 12.1. The molecule has 0 aliphatic heterocycles. The van der Waals surface area contributed by atoms with E-state index in [0.717, 1.165) is 11.4 Å². The molecular weight excluding hydrogens is 276 g/mol. The van der Waals surface area contributed by atoms with Crippen molar-refractivity contribution in [1.29, 1.82) is 0 Å². The number of aryl methyl sites for hydroxylation is 1. The van der Waals surface area contributed by atoms with Crippen LogP contribution in [-0.2, 0) is 6.54 Å². The summed E-state index contributed by atoms with van der Waals surface area (Å²) >= 11 is 5.99. The Bertz CT molecular complexity index is 630. The third-order valence-corrected chi connectivity index (χ3v) is 3.03. The summed E-state index contributed by atoms with van der Waals surface area (Å²) in [6.45, 7) is 2.26. The van der Waals surface area contributed by atoms with Crippen molar-refractivity contribution in [2.24, 2.45) is 0 Å². The van der Waals surface area contributed by atoms with E-state index >= 15 is 0 Å². The molecule has 104 valence electrons. The highest BCUT2D eigenvalue weighted by Gasteiger charge is 2.11. The molecule has 0 atom stereocenters. The van der Waals surface area contributed by atoms with Gasteiger partial charge in [0.25, 0.3) is 5.91 Å². The summed E-state index contributed by atoms with van der Waals surface area (Å²) in [5.41, 5.74) is 2.10. The van der Waals surface area contributed by atoms with Crippen LogP contribution in [0.5, 0.6) is 0 Å². The van der Waals surface area contributed by atoms with Crippen LogP contribution in [-0.4, -0.2) is 22.9 Å². The van der Waals surface area contributed by atoms with Crippen molar-refractivity contribution in [2.45, 2.75) is 13.5 Å². The molecule has 2 aromatic rings. The van der Waals surface area contributed by atoms with Crippen LogP contribution in [0, 0.1) is 6.92 Å². The molecule has 6 heteroatoms. The van der Waals surface area contributed by atoms with Crippen LogP contribution in [0.2, 0.25) is 5.02 Å². The predicted molar refractivity (Wildman–Crippen MR) is 78.9 cm³/mol. The Morgan fingerprint density at radius 2 is 2.20 bits per heavy atom. The molecule has 0 bridgehead atoms. The number of halogens is 1. The second-order valence-corrected chi connectivity index (χ2v) is 4.66. The van der Waals surface area contributed by atoms with Crippen molar-refractivity contribution < 1.29 is 4.79 Å². The summed E-state index contributed by atoms with van der Waals surface area (Å²) in [4.78, 5) is 20.5. The van der Waals surface area contributed by atoms with Gasteiger partial charge in [-0.2, -0.15) is 0 Å². The molecule has 2 N–H and O–H groups in total. The van der Waals surface area contributed by atoms with Gasteiger partial charge in [0.05, 0.1) is 22.8 Å². The number of hydrogen-bond donors (Lipinski definition) is 2. The first kappa shape index (κ1) is 14.3. The molecule has 0 aliphatic rings. The topological polar surface area (TPSA) is 66.9 Å². The Labute approximate surface area is 122 Å². The lowest BCUT2D eigenvalue weighted by Gasteiger charge is -2.08. The first-order valence-corrected chi connectivity index (χ1v) is 6.52. The second-order valence-electron chi connectivity index (χ2n) is 4.25. The summed E-state index contributed by atoms with van der Waals surface area (Å²) in [6.07, 6.45) is 1.45. The molecular formula is C14H15ClN4O. The molecule has 0 fully saturated rings. The Morgan fingerprint density at radius 1 is 1.40 bits per heavy atom. The SMILES string of the molecule is CNc1cc(C(=O)NCc2cccc(C)n2)c(Cl)cn1. The molecule has 0 aliphatic carbocycles. The Morgan fingerprint density at radius 3 is 2.90 bits per heavy atom. The zero-order chi connectivity index (χ0) is 14.5. The average molecular weight is 291 g/mol. The van der Waals surface area contributed by atoms with Crippen molar-refractivity contribution in [3.8, 4) is 0 Å². The van der Waals surface area contributed by atoms with Gasteiger partial charge in [-0.3, -0.25) is 9.78 Å². The Hall–Kier alpha value is -2.14. The van der Waals surface area contributed by atoms with Gasteiger partial charge in [-0.1, -0.05) is 17.7 Å². The van der Waals surface area contributed by atoms with Crippen molar-refractivity contribution in [3.63, 3.8) is 0 Å². The minimum Gasteiger partial charge on any atom is -0.373 e. The van der Waals surface area contributed by atoms with Crippen LogP contribution >= 0.6 is 11.6 Å². The van der Waals surface area contributed by atoms with E-state index in [1.807, 2.05) is 25.1 Å². The fourth-order valence-electron chi connectivity index (χ4n) is 1.71. The summed E-state index contributed by atoms with van der Waals surface area (Å²) in [7, 11) is 1.73. The normalized spacial score (nSPS) is 10.2. The van der Waals surface area contributed by atoms with Crippen molar-refractivity contribution >= 4 is 23.3 Å². The molecule has 0 saturated heterocycles. The quantitative estimate of drug-likeness (QED) is 0.907. The molecule has 0 aromatic carbocycles. The first-order valence-electron chi connectivity index (χ1n) is 6.14. The van der Waals surface area contributed by atoms with E-state index in [9.17, 15) is 4.79 Å². The van der Waals surface area contributed by atoms with Crippen LogP contribution in [0.1, 0.15) is 21.7 Å². The molecule has 0 unspecified atom stereocenters. The standard InChI is InChI=1S/C14H15ClN4O/c1-9-4-3-5-10(19-9)7-18-14(20)11-6-13(16-2)17-8-12(11)15/h3-6,8H,7H2,1-2H3,(H,16,17)(H,18,20). The van der Waals surface area contributed by atoms with Gasteiger partial charge in [0.15, 0.2) is 0 Å². The molecule has 2 aromatic heterocycles. The number of pyridine rings is 2. The summed E-state index contributed by atoms with van der Waals surface area (Å²) in [5.74, 6) is 0.338. The van der Waals surface area contributed by atoms with Gasteiger partial charge in [-0.25, -0.2) is 4.98 Å². The molecule has 0 radical (unpaired) electrons. The number of anilines is 1. The van der Waals surface area contributed by atoms with Gasteiger partial charge in [-0.15, -0.1) is 0 Å². The lowest BCUT2D eigenvalue weighted by Crippen LogP contribution is -2.24. The summed E-state index contributed by atoms with van der Waals surface area (Å²) in [5, 5.41) is 5.98. The zero-order valence-electron chi connectivity index (χ0n) is 11.3. The van der Waals surface area contributed by atoms with Crippen LogP contribution < -0.4 is 10.6 Å². The highest BCUT2D eigenvalue weighted by Crippen LogP contribution is 2.17. The second kappa shape index (κ2) is 6.34. The van der Waals surface area contributed by atoms with Crippen molar-refractivity contribution in [2.75, 3.05) is 12.4 Å². The Balaban J connectivity index is 2.08. The largest absolute Gasteiger partial charge is 0.373 e. The van der Waals surface area contributed by atoms with Gasteiger partial charge in [0.2, 0.25) is 0 Å². The number of hydrogen-bond acceptors (Lipinski definition) is 4. The summed E-state index contributed by atoms with van der Waals surface area (Å²) < 4.78 is 0. The molecule has 2 heterocycles. The number of aromatic nitrogens is 2. The monoisotopic (exact) mass is 290 g/mol. The lowest BCUT2D eigenvalue weighted by molar-refractivity contribution is 0.0950. The number of carbonyl (C=O) groups excluding carboxylic acids is 1. The van der Waals surface area contributed by atoms with Crippen molar-refractivity contribution in [1.82, 2.24) is 15.3 Å². The number of carbonyl (C=O) groups is 1. The molecule has 1 amide bonds. The number of nitrogens with zero attached hydrogens (tertiary/aromatic N) is 2. The fourth-order valence-corrected chi connectivity index (χ4v) is 1.90. The molecule has 0 saturated carbocycles. The highest BCUT2D eigenvalue weighted by molar-refractivity contribution is 6.33. The maximum Gasteiger partial charge on any atom is 0.253 e. The summed E-state index contributed by atoms with van der Waals surface area (Å²) in [6, 6.07) is 7.29. The van der Waals surface area contributed by atoms with E-state index in [4.69, 9.17) is 11.6 Å². The Kier molecular flexibility index (Phi) is 4.53. The van der Waals surface area contributed by atoms with Gasteiger partial charge in [0.1, 0.15) is 5.82 Å². The minimum atomic E-state index is -0.253. The molecule has 5 nitrogen and oxygen atoms in total. The number of amides is 1. The third-order valence-electron chi connectivity index (χ3n) is 2.73. The van der Waals surface area contributed by atoms with E-state index in [1.54, 1.807) is 13.1 Å². The van der Waals surface area contributed by atoms with Crippen LogP contribution in [0.4, 0.5) is 5.82 Å². The number of nitrogens with one attached hydrogen (secondary N) is 2. The lowest BCUT2D eigenvalue weighted by atomic mass is 10.2. The van der Waals surface area contributed by atoms with Crippen molar-refractivity contribution in [3.05, 3.63) is 52.4 Å². The van der Waals surface area contributed by atoms with Gasteiger partial charge in [0, 0.05) is 18.9 Å². The van der Waals surface area contributed by atoms with Crippen LogP contribution in [0.3, 0.4) is 0 Å². The van der Waals surface area contributed by atoms with E-state index in [2.05, 4.69) is 20.6 Å². The average Bonchev–Trinajstić information content (AvgIpc) is 2.45. The van der Waals surface area contributed by atoms with Gasteiger partial charge < -0.3 is 10.6 Å². The molecule has 20 heavy (non-hydrogen) atoms. The van der Waals surface area contributed by atoms with E-state index in [0.29, 0.717) is 22.9 Å². The van der Waals surface area contributed by atoms with E-state index < -0.39 is 0 Å². The smallest absolute Gasteiger partial charge is 0.253 e. The molecule has 0 spiro atoms.